The smallest absolute Gasteiger partial charge is 0.239 e. The van der Waals surface area contributed by atoms with E-state index in [0.29, 0.717) is 57.8 Å². The molecule has 57 heavy (non-hydrogen) atoms. The molecule has 3 aliphatic rings. The van der Waals surface area contributed by atoms with E-state index < -0.39 is 0 Å². The van der Waals surface area contributed by atoms with Crippen LogP contribution in [-0.2, 0) is 4.79 Å². The summed E-state index contributed by atoms with van der Waals surface area (Å²) in [6, 6.07) is 0. The molecule has 0 saturated heterocycles. The van der Waals surface area contributed by atoms with E-state index in [2.05, 4.69) is 231 Å². The number of hydrogen-bond acceptors (Lipinski definition) is 5. The maximum Gasteiger partial charge on any atom is 0.239 e. The van der Waals surface area contributed by atoms with Gasteiger partial charge in [-0.3, -0.25) is 10.2 Å². The third kappa shape index (κ3) is 22.5. The van der Waals surface area contributed by atoms with Crippen LogP contribution in [0.2, 0.25) is 0 Å². The van der Waals surface area contributed by atoms with Gasteiger partial charge in [0.1, 0.15) is 0 Å². The molecular formula is C50H91IN2OS3. The second-order valence-corrected chi connectivity index (χ2v) is 21.0. The lowest BCUT2D eigenvalue weighted by Gasteiger charge is -2.46. The van der Waals surface area contributed by atoms with E-state index in [1.54, 1.807) is 20.8 Å². The van der Waals surface area contributed by atoms with Gasteiger partial charge in [-0.2, -0.15) is 37.9 Å². The molecule has 332 valence electrons. The Labute approximate surface area is 386 Å². The van der Waals surface area contributed by atoms with E-state index in [9.17, 15) is 4.79 Å². The third-order valence-electron chi connectivity index (χ3n) is 12.0. The van der Waals surface area contributed by atoms with Crippen molar-refractivity contribution in [3.8, 4) is 0 Å². The predicted molar refractivity (Wildman–Crippen MR) is 282 cm³/mol. The van der Waals surface area contributed by atoms with E-state index in [-0.39, 0.29) is 16.1 Å². The molecule has 16 atom stereocenters. The van der Waals surface area contributed by atoms with Crippen LogP contribution in [0.5, 0.6) is 0 Å². The molecule has 0 aromatic carbocycles. The molecule has 0 spiro atoms. The quantitative estimate of drug-likeness (QED) is 0.0273. The Balaban J connectivity index is -0.000000297. The first-order chi connectivity index (χ1) is 26.2. The molecule has 0 aliphatic heterocycles. The minimum atomic E-state index is -0.366. The van der Waals surface area contributed by atoms with Crippen LogP contribution in [-0.4, -0.2) is 26.1 Å². The number of hydrogen-bond donors (Lipinski definition) is 5. The number of nitrogens with two attached hydrogens (primary N) is 1. The maximum atomic E-state index is 10.6. The first kappa shape index (κ1) is 62.8. The Bertz CT molecular complexity index is 1020. The Kier molecular flexibility index (Phi) is 35.2. The van der Waals surface area contributed by atoms with Crippen molar-refractivity contribution >= 4 is 66.4 Å². The van der Waals surface area contributed by atoms with Gasteiger partial charge in [0.2, 0.25) is 5.91 Å². The highest BCUT2D eigenvalue weighted by Gasteiger charge is 2.42. The number of allylic oxidation sites excluding steroid dienone is 8. The maximum absolute atomic E-state index is 10.6. The SMILES string of the molecule is C=CC(C(C)S)C(C=C)C(C)S.C=CC1C(C)C(C)C1C=C.C=CC1C(C)C(C)C1C=C.C=CC1C(C)C(C)C1C=C.CC(C)(C)C(=O)NN.CC(C)(C)S.C[125I]. The van der Waals surface area contributed by atoms with Gasteiger partial charge in [-0.25, -0.2) is 5.84 Å². The summed E-state index contributed by atoms with van der Waals surface area (Å²) in [5.41, 5.74) is 1.70. The molecule has 16 unspecified atom stereocenters. The Morgan fingerprint density at radius 3 is 0.754 bits per heavy atom. The molecule has 3 N–H and O–H groups in total. The van der Waals surface area contributed by atoms with Gasteiger partial charge in [0.15, 0.2) is 0 Å². The number of alkyl halides is 1. The average molecular weight is 957 g/mol. The van der Waals surface area contributed by atoms with Gasteiger partial charge < -0.3 is 0 Å². The molecule has 0 bridgehead atoms. The molecule has 7 heteroatoms. The summed E-state index contributed by atoms with van der Waals surface area (Å²) in [6.07, 6.45) is 16.3. The van der Waals surface area contributed by atoms with Gasteiger partial charge in [-0.15, -0.1) is 52.6 Å². The number of halogens is 1. The molecule has 3 nitrogen and oxygen atoms in total. The van der Waals surface area contributed by atoms with E-state index >= 15 is 0 Å². The minimum Gasteiger partial charge on any atom is -0.294 e. The lowest BCUT2D eigenvalue weighted by atomic mass is 9.58. The van der Waals surface area contributed by atoms with Crippen molar-refractivity contribution in [3.05, 3.63) is 101 Å². The summed E-state index contributed by atoms with van der Waals surface area (Å²) < 4.78 is 0.194. The number of amides is 1. The zero-order chi connectivity index (χ0) is 46.2. The molecule has 1 amide bonds. The number of thiol groups is 3. The van der Waals surface area contributed by atoms with Crippen LogP contribution in [0.25, 0.3) is 0 Å². The second-order valence-electron chi connectivity index (χ2n) is 18.0. The highest BCUT2D eigenvalue weighted by molar-refractivity contribution is 14.1. The van der Waals surface area contributed by atoms with Crippen molar-refractivity contribution in [1.29, 1.82) is 0 Å². The van der Waals surface area contributed by atoms with Crippen molar-refractivity contribution in [2.45, 2.75) is 112 Å². The van der Waals surface area contributed by atoms with Crippen LogP contribution in [0.4, 0.5) is 0 Å². The van der Waals surface area contributed by atoms with Gasteiger partial charge in [0, 0.05) is 20.7 Å². The number of rotatable bonds is 11. The van der Waals surface area contributed by atoms with Crippen LogP contribution in [0, 0.1) is 88.3 Å². The van der Waals surface area contributed by atoms with Crippen molar-refractivity contribution < 1.29 is 4.79 Å². The van der Waals surface area contributed by atoms with Crippen LogP contribution < -0.4 is 11.3 Å². The van der Waals surface area contributed by atoms with Gasteiger partial charge >= 0.3 is 0 Å². The standard InChI is InChI=1S/C10H18S2.3C10H16.C5H12N2O.C4H10S.CH3I/c1-5-9(7(3)11)10(6-2)8(4)12;3*1-5-9-7(3)8(4)10(9)6-2;1-5(2,3)4(8)7-6;1-4(2,3)5;1-2/h5-12H,1-2H2,3-4H3;3*5-10H,1-2H2,3-4H3;6H2,1-3H3,(H,7,8);5H,1-3H3;1H3/i;;;;;;2-2. The molecule has 3 fully saturated rings. The molecular weight excluding hydrogens is 866 g/mol. The Morgan fingerprint density at radius 2 is 0.702 bits per heavy atom. The fourth-order valence-electron chi connectivity index (χ4n) is 7.57. The van der Waals surface area contributed by atoms with Crippen LogP contribution in [0.1, 0.15) is 96.9 Å². The van der Waals surface area contributed by atoms with E-state index in [0.717, 1.165) is 35.5 Å². The van der Waals surface area contributed by atoms with Crippen molar-refractivity contribution in [2.24, 2.45) is 94.1 Å². The van der Waals surface area contributed by atoms with Gasteiger partial charge in [-0.1, -0.05) is 168 Å². The molecule has 0 heterocycles. The van der Waals surface area contributed by atoms with Gasteiger partial charge in [-0.05, 0) is 87.8 Å². The molecule has 0 aromatic heterocycles. The van der Waals surface area contributed by atoms with E-state index in [1.165, 1.54) is 0 Å². The number of hydrazine groups is 1. The summed E-state index contributed by atoms with van der Waals surface area (Å²) >= 11 is 15.1. The summed E-state index contributed by atoms with van der Waals surface area (Å²) in [7, 11) is 0. The summed E-state index contributed by atoms with van der Waals surface area (Å²) in [4.78, 5) is 12.6. The molecule has 0 aromatic rings. The normalized spacial score (nSPS) is 31.2. The highest BCUT2D eigenvalue weighted by atomic mass is 125. The summed E-state index contributed by atoms with van der Waals surface area (Å²) in [5.74, 6) is 14.4. The second kappa shape index (κ2) is 31.9. The molecule has 3 saturated carbocycles. The van der Waals surface area contributed by atoms with Crippen LogP contribution in [0.3, 0.4) is 0 Å². The highest BCUT2D eigenvalue weighted by Crippen LogP contribution is 2.48. The van der Waals surface area contributed by atoms with Crippen LogP contribution in [0.15, 0.2) is 101 Å². The molecule has 3 rings (SSSR count). The predicted octanol–water partition coefficient (Wildman–Crippen LogP) is 14.6. The fourth-order valence-corrected chi connectivity index (χ4v) is 8.21. The zero-order valence-corrected chi connectivity index (χ0v) is 44.1. The summed E-state index contributed by atoms with van der Waals surface area (Å²) in [6.45, 7) is 59.9. The largest absolute Gasteiger partial charge is 0.294 e. The molecule has 3 aliphatic carbocycles. The number of carbonyl (C=O) groups is 1. The van der Waals surface area contributed by atoms with Gasteiger partial charge in [0.25, 0.3) is 0 Å². The lowest BCUT2D eigenvalue weighted by Crippen LogP contribution is -2.41. The van der Waals surface area contributed by atoms with Crippen molar-refractivity contribution in [1.82, 2.24) is 5.43 Å². The summed E-state index contributed by atoms with van der Waals surface area (Å²) in [5, 5.41) is 0.611. The number of carbonyl (C=O) groups excluding carboxylic acids is 1. The first-order valence-corrected chi connectivity index (χ1v) is 24.3. The van der Waals surface area contributed by atoms with Gasteiger partial charge in [0.05, 0.1) is 0 Å². The average Bonchev–Trinajstić information content (AvgIpc) is 3.15. The van der Waals surface area contributed by atoms with Crippen molar-refractivity contribution in [3.63, 3.8) is 0 Å². The lowest BCUT2D eigenvalue weighted by molar-refractivity contribution is -0.128. The Morgan fingerprint density at radius 1 is 0.544 bits per heavy atom. The topological polar surface area (TPSA) is 55.1 Å². The van der Waals surface area contributed by atoms with Crippen LogP contribution >= 0.6 is 60.5 Å². The fraction of sp³-hybridized carbons (Fsp3) is 0.660. The monoisotopic (exact) mass is 957 g/mol. The van der Waals surface area contributed by atoms with E-state index in [1.807, 2.05) is 17.1 Å². The zero-order valence-electron chi connectivity index (χ0n) is 39.2. The van der Waals surface area contributed by atoms with E-state index in [4.69, 9.17) is 5.84 Å². The molecule has 0 radical (unpaired) electrons. The number of nitrogens with one attached hydrogen (secondary N) is 1. The Hall–Kier alpha value is -0.870. The minimum absolute atomic E-state index is 0.141. The third-order valence-corrected chi connectivity index (χ3v) is 12.7. The first-order valence-electron chi connectivity index (χ1n) is 20.7. The van der Waals surface area contributed by atoms with Crippen molar-refractivity contribution in [2.75, 3.05) is 4.93 Å².